The second-order valence-electron chi connectivity index (χ2n) is 15.3. The van der Waals surface area contributed by atoms with Gasteiger partial charge < -0.3 is 54.7 Å². The van der Waals surface area contributed by atoms with E-state index in [1.54, 1.807) is 0 Å². The van der Waals surface area contributed by atoms with Gasteiger partial charge in [0.2, 0.25) is 0 Å². The fourth-order valence-electron chi connectivity index (χ4n) is 11.0. The molecule has 44 heavy (non-hydrogen) atoms. The Balaban J connectivity index is 1.13. The van der Waals surface area contributed by atoms with Gasteiger partial charge in [-0.15, -0.1) is 0 Å². The number of aliphatic hydroxyl groups excluding tert-OH is 7. The van der Waals surface area contributed by atoms with Crippen LogP contribution in [-0.4, -0.2) is 116 Å². The smallest absolute Gasteiger partial charge is 0.187 e. The van der Waals surface area contributed by atoms with Gasteiger partial charge in [-0.05, 0) is 49.9 Å². The summed E-state index contributed by atoms with van der Waals surface area (Å²) >= 11 is 0. The predicted molar refractivity (Wildman–Crippen MR) is 154 cm³/mol. The Morgan fingerprint density at radius 2 is 1.75 bits per heavy atom. The molecular formula is C33H50O11. The standard InChI is InChI=1S/C33H50O11/c1-14-7-8-33(41-13-14)15(2)24-20(44-33)10-18-17-6-5-16-9-21(42-30-28(39)27(38)25(36)22(12-34)43-30)26(37)29(40)31(16,3)19(17)11-23(35)32(18,24)4/h5,15,17-30,34-40H,1,6-13H2,2-4H3/t15-,17-,18-,19-,20-,21+,22+,23+,24-,25-,26-,27-,28+,29+,30+,31-,32+,33+/m0/s1. The van der Waals surface area contributed by atoms with Crippen LogP contribution in [0.1, 0.15) is 59.3 Å². The average Bonchev–Trinajstić information content (AvgIpc) is 3.45. The van der Waals surface area contributed by atoms with Crippen molar-refractivity contribution in [3.63, 3.8) is 0 Å². The van der Waals surface area contributed by atoms with Crippen LogP contribution in [0.15, 0.2) is 23.8 Å². The quantitative estimate of drug-likeness (QED) is 0.216. The molecule has 7 rings (SSSR count). The lowest BCUT2D eigenvalue weighted by molar-refractivity contribution is -0.323. The second kappa shape index (κ2) is 10.8. The van der Waals surface area contributed by atoms with Crippen molar-refractivity contribution < 1.29 is 54.7 Å². The number of rotatable bonds is 3. The molecule has 3 saturated carbocycles. The van der Waals surface area contributed by atoms with Gasteiger partial charge in [0.1, 0.15) is 30.5 Å². The molecule has 4 aliphatic carbocycles. The molecule has 3 saturated heterocycles. The van der Waals surface area contributed by atoms with Crippen LogP contribution in [0.4, 0.5) is 0 Å². The lowest BCUT2D eigenvalue weighted by Crippen LogP contribution is -2.65. The van der Waals surface area contributed by atoms with E-state index in [0.29, 0.717) is 13.0 Å². The fraction of sp³-hybridized carbons (Fsp3) is 0.879. The van der Waals surface area contributed by atoms with Crippen molar-refractivity contribution >= 4 is 0 Å². The van der Waals surface area contributed by atoms with E-state index in [1.807, 2.05) is 6.92 Å². The minimum atomic E-state index is -1.61. The van der Waals surface area contributed by atoms with Gasteiger partial charge in [0.15, 0.2) is 12.1 Å². The highest BCUT2D eigenvalue weighted by Gasteiger charge is 2.72. The highest BCUT2D eigenvalue weighted by atomic mass is 16.7. The zero-order valence-electron chi connectivity index (χ0n) is 25.9. The highest BCUT2D eigenvalue weighted by Crippen LogP contribution is 2.70. The number of aliphatic hydroxyl groups is 7. The molecule has 0 aromatic rings. The largest absolute Gasteiger partial charge is 0.394 e. The summed E-state index contributed by atoms with van der Waals surface area (Å²) in [5, 5.41) is 75.6. The van der Waals surface area contributed by atoms with Gasteiger partial charge in [0, 0.05) is 29.1 Å². The van der Waals surface area contributed by atoms with Crippen molar-refractivity contribution in [3.8, 4) is 0 Å². The molecule has 0 bridgehead atoms. The monoisotopic (exact) mass is 622 g/mol. The van der Waals surface area contributed by atoms with Crippen molar-refractivity contribution in [2.24, 2.45) is 40.4 Å². The van der Waals surface area contributed by atoms with E-state index in [9.17, 15) is 35.7 Å². The number of fused-ring (bicyclic) bond motifs is 7. The Kier molecular flexibility index (Phi) is 7.75. The minimum Gasteiger partial charge on any atom is -0.394 e. The van der Waals surface area contributed by atoms with Crippen LogP contribution in [0.2, 0.25) is 0 Å². The van der Waals surface area contributed by atoms with Gasteiger partial charge in [0.05, 0.1) is 37.6 Å². The first-order valence-corrected chi connectivity index (χ1v) is 16.5. The zero-order valence-corrected chi connectivity index (χ0v) is 25.9. The Hall–Kier alpha value is -0.960. The van der Waals surface area contributed by atoms with Crippen LogP contribution in [-0.2, 0) is 18.9 Å². The summed E-state index contributed by atoms with van der Waals surface area (Å²) in [5.41, 5.74) is 0.832. The molecule has 7 N–H and O–H groups in total. The summed E-state index contributed by atoms with van der Waals surface area (Å²) in [4.78, 5) is 0. The first-order valence-electron chi connectivity index (χ1n) is 16.5. The molecule has 248 valence electrons. The van der Waals surface area contributed by atoms with E-state index >= 15 is 0 Å². The topological polar surface area (TPSA) is 179 Å². The molecule has 0 amide bonds. The third-order valence-electron chi connectivity index (χ3n) is 13.6. The molecule has 6 fully saturated rings. The molecule has 11 heteroatoms. The van der Waals surface area contributed by atoms with E-state index < -0.39 is 72.9 Å². The van der Waals surface area contributed by atoms with Crippen molar-refractivity contribution in [1.82, 2.24) is 0 Å². The lowest BCUT2D eigenvalue weighted by Gasteiger charge is -2.61. The van der Waals surface area contributed by atoms with Gasteiger partial charge in [-0.3, -0.25) is 0 Å². The molecule has 18 atom stereocenters. The summed E-state index contributed by atoms with van der Waals surface area (Å²) in [6, 6.07) is 0. The predicted octanol–water partition coefficient (Wildman–Crippen LogP) is 0.371. The molecule has 0 radical (unpaired) electrons. The maximum Gasteiger partial charge on any atom is 0.187 e. The van der Waals surface area contributed by atoms with Crippen molar-refractivity contribution in [3.05, 3.63) is 23.8 Å². The van der Waals surface area contributed by atoms with Crippen LogP contribution in [0, 0.1) is 40.4 Å². The van der Waals surface area contributed by atoms with Crippen LogP contribution < -0.4 is 0 Å². The van der Waals surface area contributed by atoms with E-state index in [1.165, 1.54) is 0 Å². The molecule has 11 nitrogen and oxygen atoms in total. The molecule has 0 aromatic heterocycles. The molecule has 1 spiro atoms. The fourth-order valence-corrected chi connectivity index (χ4v) is 11.0. The Morgan fingerprint density at radius 3 is 2.43 bits per heavy atom. The van der Waals surface area contributed by atoms with Crippen molar-refractivity contribution in [1.29, 1.82) is 0 Å². The van der Waals surface area contributed by atoms with E-state index in [-0.39, 0.29) is 47.5 Å². The van der Waals surface area contributed by atoms with Crippen molar-refractivity contribution in [2.45, 2.75) is 126 Å². The normalized spacial score (nSPS) is 58.6. The van der Waals surface area contributed by atoms with Gasteiger partial charge in [-0.1, -0.05) is 44.6 Å². The van der Waals surface area contributed by atoms with Gasteiger partial charge in [0.25, 0.3) is 0 Å². The van der Waals surface area contributed by atoms with Gasteiger partial charge in [-0.2, -0.15) is 0 Å². The van der Waals surface area contributed by atoms with Crippen LogP contribution >= 0.6 is 0 Å². The maximum atomic E-state index is 12.0. The summed E-state index contributed by atoms with van der Waals surface area (Å²) in [6.07, 6.45) is -5.26. The molecule has 3 heterocycles. The first kappa shape index (κ1) is 31.6. The lowest BCUT2D eigenvalue weighted by atomic mass is 9.45. The van der Waals surface area contributed by atoms with Gasteiger partial charge in [-0.25, -0.2) is 0 Å². The summed E-state index contributed by atoms with van der Waals surface area (Å²) in [7, 11) is 0. The molecule has 0 aromatic carbocycles. The molecule has 7 aliphatic rings. The molecular weight excluding hydrogens is 572 g/mol. The SMILES string of the molecule is C=C1CC[C@@]2(OC1)O[C@H]1C[C@H]3[C@@H]4CC=C5C[C@@H](O[C@@H]6O[C@H](CO)[C@H](O)[C@H](O)[C@H]6O)[C@H](O)[C@@H](O)[C@]5(C)[C@H]4C[C@@H](O)[C@]3(C)[C@H]1[C@@H]2C. The molecule has 0 unspecified atom stereocenters. The maximum absolute atomic E-state index is 12.0. The summed E-state index contributed by atoms with van der Waals surface area (Å²) < 4.78 is 24.6. The Labute approximate surface area is 258 Å². The van der Waals surface area contributed by atoms with Gasteiger partial charge >= 0.3 is 0 Å². The van der Waals surface area contributed by atoms with E-state index in [0.717, 1.165) is 36.8 Å². The molecule has 3 aliphatic heterocycles. The van der Waals surface area contributed by atoms with Crippen LogP contribution in [0.5, 0.6) is 0 Å². The average molecular weight is 623 g/mol. The third kappa shape index (κ3) is 4.21. The number of hydrogen-bond acceptors (Lipinski definition) is 11. The summed E-state index contributed by atoms with van der Waals surface area (Å²) in [6.45, 7) is 10.4. The zero-order chi connectivity index (χ0) is 31.5. The highest BCUT2D eigenvalue weighted by molar-refractivity contribution is 5.30. The number of ether oxygens (including phenoxy) is 4. The number of hydrogen-bond donors (Lipinski definition) is 7. The first-order chi connectivity index (χ1) is 20.8. The Morgan fingerprint density at radius 1 is 1.00 bits per heavy atom. The third-order valence-corrected chi connectivity index (χ3v) is 13.6. The Bertz CT molecular complexity index is 1160. The second-order valence-corrected chi connectivity index (χ2v) is 15.3. The van der Waals surface area contributed by atoms with Crippen molar-refractivity contribution in [2.75, 3.05) is 13.2 Å². The van der Waals surface area contributed by atoms with Crippen LogP contribution in [0.25, 0.3) is 0 Å². The summed E-state index contributed by atoms with van der Waals surface area (Å²) in [5.74, 6) is -0.0868. The number of allylic oxidation sites excluding steroid dienone is 1. The van der Waals surface area contributed by atoms with E-state index in [2.05, 4.69) is 26.5 Å². The minimum absolute atomic E-state index is 0.0175. The van der Waals surface area contributed by atoms with E-state index in [4.69, 9.17) is 18.9 Å². The van der Waals surface area contributed by atoms with Crippen LogP contribution in [0.3, 0.4) is 0 Å².